The van der Waals surface area contributed by atoms with E-state index in [0.29, 0.717) is 5.69 Å². The van der Waals surface area contributed by atoms with Gasteiger partial charge in [-0.05, 0) is 25.0 Å². The number of rotatable bonds is 3. The van der Waals surface area contributed by atoms with Crippen molar-refractivity contribution in [2.24, 2.45) is 7.05 Å². The van der Waals surface area contributed by atoms with E-state index in [9.17, 15) is 4.79 Å². The van der Waals surface area contributed by atoms with E-state index >= 15 is 0 Å². The maximum atomic E-state index is 12.1. The molecule has 3 aromatic rings. The van der Waals surface area contributed by atoms with Gasteiger partial charge in [-0.2, -0.15) is 9.90 Å². The second-order valence-electron chi connectivity index (χ2n) is 5.94. The molecule has 0 saturated carbocycles. The Morgan fingerprint density at radius 1 is 1.21 bits per heavy atom. The van der Waals surface area contributed by atoms with Gasteiger partial charge < -0.3 is 9.88 Å². The van der Waals surface area contributed by atoms with Gasteiger partial charge in [0, 0.05) is 37.5 Å². The van der Waals surface area contributed by atoms with Crippen LogP contribution in [0.4, 0.5) is 5.69 Å². The van der Waals surface area contributed by atoms with E-state index in [4.69, 9.17) is 4.98 Å². The summed E-state index contributed by atoms with van der Waals surface area (Å²) < 4.78 is 2.24. The fraction of sp³-hybridized carbons (Fsp3) is 0.294. The van der Waals surface area contributed by atoms with Crippen LogP contribution in [0.2, 0.25) is 0 Å². The summed E-state index contributed by atoms with van der Waals surface area (Å²) in [7, 11) is 1.68. The maximum absolute atomic E-state index is 12.1. The Kier molecular flexibility index (Phi) is 3.60. The van der Waals surface area contributed by atoms with Crippen molar-refractivity contribution < 1.29 is 4.79 Å². The first kappa shape index (κ1) is 14.6. The number of amides is 1. The van der Waals surface area contributed by atoms with Gasteiger partial charge in [0.05, 0.1) is 11.9 Å². The number of fused-ring (bicyclic) bond motifs is 1. The predicted molar refractivity (Wildman–Crippen MR) is 89.6 cm³/mol. The number of imidazole rings is 1. The van der Waals surface area contributed by atoms with Crippen LogP contribution in [0.1, 0.15) is 29.2 Å². The maximum Gasteiger partial charge on any atom is 0.277 e. The van der Waals surface area contributed by atoms with Gasteiger partial charge in [0.15, 0.2) is 5.69 Å². The van der Waals surface area contributed by atoms with Gasteiger partial charge in [-0.3, -0.25) is 4.79 Å². The minimum atomic E-state index is -0.270. The van der Waals surface area contributed by atoms with E-state index in [0.717, 1.165) is 35.7 Å². The summed E-state index contributed by atoms with van der Waals surface area (Å²) in [6.07, 6.45) is 7.03. The van der Waals surface area contributed by atoms with Gasteiger partial charge in [0.25, 0.3) is 5.91 Å². The van der Waals surface area contributed by atoms with E-state index in [1.807, 2.05) is 24.3 Å². The number of carbonyl (C=O) groups excluding carboxylic acids is 1. The summed E-state index contributed by atoms with van der Waals surface area (Å²) in [5, 5.41) is 10.7. The van der Waals surface area contributed by atoms with Crippen LogP contribution in [0.25, 0.3) is 11.3 Å². The Morgan fingerprint density at radius 2 is 2.04 bits per heavy atom. The van der Waals surface area contributed by atoms with Gasteiger partial charge >= 0.3 is 0 Å². The number of anilines is 1. The number of benzene rings is 1. The largest absolute Gasteiger partial charge is 0.334 e. The average molecular weight is 322 g/mol. The molecular formula is C17H18N6O. The van der Waals surface area contributed by atoms with Crippen LogP contribution < -0.4 is 5.32 Å². The number of carbonyl (C=O) groups is 1. The molecule has 0 fully saturated rings. The zero-order valence-corrected chi connectivity index (χ0v) is 13.4. The molecule has 3 heterocycles. The highest BCUT2D eigenvalue weighted by molar-refractivity contribution is 6.02. The van der Waals surface area contributed by atoms with Gasteiger partial charge in [0.1, 0.15) is 5.82 Å². The monoisotopic (exact) mass is 322 g/mol. The number of aryl methyl sites for hydroxylation is 3. The molecule has 7 heteroatoms. The van der Waals surface area contributed by atoms with Crippen LogP contribution in [0.15, 0.2) is 36.7 Å². The van der Waals surface area contributed by atoms with Crippen molar-refractivity contribution in [1.29, 1.82) is 0 Å². The first-order valence-electron chi connectivity index (χ1n) is 8.03. The molecule has 0 bridgehead atoms. The third kappa shape index (κ3) is 2.80. The molecule has 24 heavy (non-hydrogen) atoms. The summed E-state index contributed by atoms with van der Waals surface area (Å²) >= 11 is 0. The molecule has 0 radical (unpaired) electrons. The van der Waals surface area contributed by atoms with Crippen molar-refractivity contribution in [2.45, 2.75) is 25.8 Å². The number of hydrogen-bond donors (Lipinski definition) is 1. The van der Waals surface area contributed by atoms with E-state index in [1.165, 1.54) is 23.8 Å². The first-order valence-corrected chi connectivity index (χ1v) is 8.03. The highest BCUT2D eigenvalue weighted by Gasteiger charge is 2.14. The van der Waals surface area contributed by atoms with Crippen molar-refractivity contribution in [3.8, 4) is 11.3 Å². The topological polar surface area (TPSA) is 77.6 Å². The molecule has 122 valence electrons. The highest BCUT2D eigenvalue weighted by atomic mass is 16.2. The number of nitrogens with one attached hydrogen (secondary N) is 1. The van der Waals surface area contributed by atoms with Crippen molar-refractivity contribution in [3.05, 3.63) is 48.2 Å². The molecule has 0 unspecified atom stereocenters. The van der Waals surface area contributed by atoms with Gasteiger partial charge in [-0.25, -0.2) is 4.98 Å². The van der Waals surface area contributed by atoms with Crippen molar-refractivity contribution in [3.63, 3.8) is 0 Å². The lowest BCUT2D eigenvalue weighted by Crippen LogP contribution is -2.12. The van der Waals surface area contributed by atoms with Gasteiger partial charge in [-0.15, -0.1) is 5.10 Å². The SMILES string of the molecule is Cn1ncc(C(=O)Nc2ccc(-c3cn4c(n3)CCCC4)cc2)n1. The Morgan fingerprint density at radius 3 is 2.75 bits per heavy atom. The molecule has 1 amide bonds. The number of hydrogen-bond acceptors (Lipinski definition) is 4. The smallest absolute Gasteiger partial charge is 0.277 e. The van der Waals surface area contributed by atoms with E-state index in [-0.39, 0.29) is 5.91 Å². The molecule has 4 rings (SSSR count). The van der Waals surface area contributed by atoms with E-state index in [2.05, 4.69) is 26.3 Å². The normalized spacial score (nSPS) is 13.5. The van der Waals surface area contributed by atoms with Gasteiger partial charge in [-0.1, -0.05) is 12.1 Å². The standard InChI is InChI=1S/C17H18N6O/c1-22-18-10-14(21-22)17(24)19-13-7-5-12(6-8-13)15-11-23-9-3-2-4-16(23)20-15/h5-8,10-11H,2-4,9H2,1H3,(H,19,24). The quantitative estimate of drug-likeness (QED) is 0.802. The second kappa shape index (κ2) is 5.92. The van der Waals surface area contributed by atoms with Crippen LogP contribution in [0, 0.1) is 0 Å². The fourth-order valence-electron chi connectivity index (χ4n) is 2.92. The molecule has 1 aromatic carbocycles. The number of aromatic nitrogens is 5. The molecule has 1 aliphatic heterocycles. The molecule has 0 aliphatic carbocycles. The molecule has 0 spiro atoms. The van der Waals surface area contributed by atoms with Crippen molar-refractivity contribution in [1.82, 2.24) is 24.5 Å². The molecule has 0 atom stereocenters. The van der Waals surface area contributed by atoms with E-state index < -0.39 is 0 Å². The summed E-state index contributed by atoms with van der Waals surface area (Å²) in [6, 6.07) is 7.70. The van der Waals surface area contributed by atoms with Crippen LogP contribution >= 0.6 is 0 Å². The molecule has 0 saturated heterocycles. The summed E-state index contributed by atoms with van der Waals surface area (Å²) in [6.45, 7) is 1.05. The third-order valence-corrected chi connectivity index (χ3v) is 4.18. The summed E-state index contributed by atoms with van der Waals surface area (Å²) in [5.74, 6) is 0.893. The van der Waals surface area contributed by atoms with Crippen LogP contribution in [-0.4, -0.2) is 30.5 Å². The number of nitrogens with zero attached hydrogens (tertiary/aromatic N) is 5. The van der Waals surface area contributed by atoms with Crippen molar-refractivity contribution >= 4 is 11.6 Å². The zero-order valence-electron chi connectivity index (χ0n) is 13.4. The lowest BCUT2D eigenvalue weighted by Gasteiger charge is -2.11. The first-order chi connectivity index (χ1) is 11.7. The summed E-state index contributed by atoms with van der Waals surface area (Å²) in [5.41, 5.74) is 3.05. The Hall–Kier alpha value is -2.96. The molecular weight excluding hydrogens is 304 g/mol. The lowest BCUT2D eigenvalue weighted by atomic mass is 10.1. The molecule has 2 aromatic heterocycles. The Labute approximate surface area is 139 Å². The summed E-state index contributed by atoms with van der Waals surface area (Å²) in [4.78, 5) is 18.1. The van der Waals surface area contributed by atoms with Crippen LogP contribution in [-0.2, 0) is 20.0 Å². The van der Waals surface area contributed by atoms with Crippen LogP contribution in [0.5, 0.6) is 0 Å². The third-order valence-electron chi connectivity index (χ3n) is 4.18. The van der Waals surface area contributed by atoms with E-state index in [1.54, 1.807) is 7.05 Å². The van der Waals surface area contributed by atoms with Crippen LogP contribution in [0.3, 0.4) is 0 Å². The highest BCUT2D eigenvalue weighted by Crippen LogP contribution is 2.24. The molecule has 1 aliphatic rings. The molecule has 1 N–H and O–H groups in total. The van der Waals surface area contributed by atoms with Gasteiger partial charge in [0.2, 0.25) is 0 Å². The van der Waals surface area contributed by atoms with Crippen molar-refractivity contribution in [2.75, 3.05) is 5.32 Å². The second-order valence-corrected chi connectivity index (χ2v) is 5.94. The lowest BCUT2D eigenvalue weighted by molar-refractivity contribution is 0.102. The minimum Gasteiger partial charge on any atom is -0.334 e. The Balaban J connectivity index is 1.50. The average Bonchev–Trinajstić information content (AvgIpc) is 3.21. The fourth-order valence-corrected chi connectivity index (χ4v) is 2.92. The Bertz CT molecular complexity index is 853. The predicted octanol–water partition coefficient (Wildman–Crippen LogP) is 2.27. The molecule has 7 nitrogen and oxygen atoms in total. The zero-order chi connectivity index (χ0) is 16.5. The minimum absolute atomic E-state index is 0.270.